The van der Waals surface area contributed by atoms with E-state index in [2.05, 4.69) is 4.98 Å². The molecule has 0 unspecified atom stereocenters. The number of halogens is 2. The molecule has 0 bridgehead atoms. The molecule has 0 atom stereocenters. The highest BCUT2D eigenvalue weighted by molar-refractivity contribution is 6.18. The molecule has 14 heavy (non-hydrogen) atoms. The monoisotopic (exact) mass is 214 g/mol. The quantitative estimate of drug-likeness (QED) is 0.716. The van der Waals surface area contributed by atoms with Crippen molar-refractivity contribution in [3.05, 3.63) is 24.1 Å². The van der Waals surface area contributed by atoms with Gasteiger partial charge in [0.05, 0.1) is 0 Å². The first-order chi connectivity index (χ1) is 6.83. The Labute approximate surface area is 87.7 Å². The van der Waals surface area contributed by atoms with Gasteiger partial charge in [-0.1, -0.05) is 0 Å². The summed E-state index contributed by atoms with van der Waals surface area (Å²) < 4.78 is 13.4. The molecule has 0 spiro atoms. The van der Waals surface area contributed by atoms with Gasteiger partial charge in [0.25, 0.3) is 0 Å². The molecule has 4 heteroatoms. The van der Waals surface area contributed by atoms with Crippen LogP contribution < -0.4 is 4.90 Å². The number of aromatic nitrogens is 1. The third-order valence-electron chi connectivity index (χ3n) is 2.32. The SMILES string of the molecule is Fc1cccnc1N(CCCl)C1CC1. The highest BCUT2D eigenvalue weighted by Crippen LogP contribution is 2.31. The summed E-state index contributed by atoms with van der Waals surface area (Å²) in [5.41, 5.74) is 0. The molecule has 2 nitrogen and oxygen atoms in total. The zero-order valence-electron chi connectivity index (χ0n) is 7.79. The van der Waals surface area contributed by atoms with E-state index in [4.69, 9.17) is 11.6 Å². The summed E-state index contributed by atoms with van der Waals surface area (Å²) in [6.45, 7) is 0.667. The Balaban J connectivity index is 2.21. The van der Waals surface area contributed by atoms with E-state index in [1.807, 2.05) is 4.90 Å². The zero-order valence-corrected chi connectivity index (χ0v) is 8.54. The minimum absolute atomic E-state index is 0.260. The molecule has 1 fully saturated rings. The third kappa shape index (κ3) is 1.98. The first kappa shape index (κ1) is 9.71. The van der Waals surface area contributed by atoms with E-state index in [-0.39, 0.29) is 5.82 Å². The average Bonchev–Trinajstić information content (AvgIpc) is 2.99. The van der Waals surface area contributed by atoms with E-state index in [9.17, 15) is 4.39 Å². The molecule has 1 saturated carbocycles. The normalized spacial score (nSPS) is 15.6. The van der Waals surface area contributed by atoms with Crippen LogP contribution in [-0.2, 0) is 0 Å². The molecule has 1 heterocycles. The molecule has 76 valence electrons. The molecule has 0 aliphatic heterocycles. The van der Waals surface area contributed by atoms with Crippen LogP contribution >= 0.6 is 11.6 Å². The molecule has 0 amide bonds. The number of anilines is 1. The van der Waals surface area contributed by atoms with Crippen LogP contribution in [0.4, 0.5) is 10.2 Å². The Morgan fingerprint density at radius 3 is 2.93 bits per heavy atom. The van der Waals surface area contributed by atoms with Crippen molar-refractivity contribution in [2.45, 2.75) is 18.9 Å². The number of alkyl halides is 1. The van der Waals surface area contributed by atoms with Gasteiger partial charge in [0, 0.05) is 24.7 Å². The van der Waals surface area contributed by atoms with Crippen molar-refractivity contribution in [1.29, 1.82) is 0 Å². The fourth-order valence-corrected chi connectivity index (χ4v) is 1.71. The lowest BCUT2D eigenvalue weighted by atomic mass is 10.4. The fourth-order valence-electron chi connectivity index (χ4n) is 1.53. The van der Waals surface area contributed by atoms with Gasteiger partial charge in [0.2, 0.25) is 0 Å². The second-order valence-electron chi connectivity index (χ2n) is 3.42. The van der Waals surface area contributed by atoms with E-state index in [0.29, 0.717) is 24.3 Å². The second-order valence-corrected chi connectivity index (χ2v) is 3.80. The van der Waals surface area contributed by atoms with Gasteiger partial charge in [-0.05, 0) is 25.0 Å². The van der Waals surface area contributed by atoms with Crippen LogP contribution in [0.25, 0.3) is 0 Å². The maximum absolute atomic E-state index is 13.4. The highest BCUT2D eigenvalue weighted by atomic mass is 35.5. The Morgan fingerprint density at radius 1 is 1.57 bits per heavy atom. The Kier molecular flexibility index (Phi) is 2.87. The second kappa shape index (κ2) is 4.13. The van der Waals surface area contributed by atoms with Gasteiger partial charge in [-0.25, -0.2) is 9.37 Å². The number of rotatable bonds is 4. The maximum atomic E-state index is 13.4. The molecule has 1 aliphatic rings. The molecule has 0 saturated heterocycles. The van der Waals surface area contributed by atoms with Gasteiger partial charge in [0.15, 0.2) is 11.6 Å². The van der Waals surface area contributed by atoms with Crippen LogP contribution in [0.2, 0.25) is 0 Å². The number of hydrogen-bond acceptors (Lipinski definition) is 2. The molecule has 0 N–H and O–H groups in total. The minimum atomic E-state index is -0.260. The van der Waals surface area contributed by atoms with Gasteiger partial charge < -0.3 is 4.90 Å². The summed E-state index contributed by atoms with van der Waals surface area (Å²) in [6, 6.07) is 3.48. The van der Waals surface area contributed by atoms with Gasteiger partial charge >= 0.3 is 0 Å². The van der Waals surface area contributed by atoms with E-state index in [1.165, 1.54) is 6.07 Å². The Morgan fingerprint density at radius 2 is 2.36 bits per heavy atom. The fraction of sp³-hybridized carbons (Fsp3) is 0.500. The predicted octanol–water partition coefficient (Wildman–Crippen LogP) is 2.43. The smallest absolute Gasteiger partial charge is 0.165 e. The number of hydrogen-bond donors (Lipinski definition) is 0. The largest absolute Gasteiger partial charge is 0.350 e. The van der Waals surface area contributed by atoms with Crippen LogP contribution in [-0.4, -0.2) is 23.5 Å². The first-order valence-corrected chi connectivity index (χ1v) is 5.29. The Bertz CT molecular complexity index is 315. The molecule has 2 rings (SSSR count). The topological polar surface area (TPSA) is 16.1 Å². The van der Waals surface area contributed by atoms with Crippen LogP contribution in [0.1, 0.15) is 12.8 Å². The van der Waals surface area contributed by atoms with Crippen molar-refractivity contribution in [2.24, 2.45) is 0 Å². The molecule has 1 aromatic heterocycles. The predicted molar refractivity (Wildman–Crippen MR) is 55.3 cm³/mol. The van der Waals surface area contributed by atoms with E-state index < -0.39 is 0 Å². The van der Waals surface area contributed by atoms with Crippen LogP contribution in [0, 0.1) is 5.82 Å². The molecule has 1 aliphatic carbocycles. The molecular formula is C10H12ClFN2. The number of pyridine rings is 1. The average molecular weight is 215 g/mol. The molecule has 0 radical (unpaired) electrons. The zero-order chi connectivity index (χ0) is 9.97. The molecular weight excluding hydrogens is 203 g/mol. The van der Waals surface area contributed by atoms with Crippen molar-refractivity contribution < 1.29 is 4.39 Å². The van der Waals surface area contributed by atoms with Crippen molar-refractivity contribution >= 4 is 17.4 Å². The van der Waals surface area contributed by atoms with E-state index in [1.54, 1.807) is 12.3 Å². The van der Waals surface area contributed by atoms with Crippen LogP contribution in [0.5, 0.6) is 0 Å². The number of nitrogens with zero attached hydrogens (tertiary/aromatic N) is 2. The van der Waals surface area contributed by atoms with Gasteiger partial charge in [-0.15, -0.1) is 11.6 Å². The van der Waals surface area contributed by atoms with Crippen molar-refractivity contribution in [3.63, 3.8) is 0 Å². The van der Waals surface area contributed by atoms with Gasteiger partial charge in [-0.3, -0.25) is 0 Å². The third-order valence-corrected chi connectivity index (χ3v) is 2.49. The van der Waals surface area contributed by atoms with Crippen molar-refractivity contribution in [3.8, 4) is 0 Å². The van der Waals surface area contributed by atoms with Crippen LogP contribution in [0.15, 0.2) is 18.3 Å². The van der Waals surface area contributed by atoms with Crippen molar-refractivity contribution in [1.82, 2.24) is 4.98 Å². The summed E-state index contributed by atoms with van der Waals surface area (Å²) in [5.74, 6) is 0.687. The Hall–Kier alpha value is -0.830. The molecule has 0 aromatic carbocycles. The standard InChI is InChI=1S/C10H12ClFN2/c11-5-7-14(8-3-4-8)10-9(12)2-1-6-13-10/h1-2,6,8H,3-5,7H2. The summed E-state index contributed by atoms with van der Waals surface area (Å²) in [6.07, 6.45) is 3.85. The van der Waals surface area contributed by atoms with E-state index in [0.717, 1.165) is 12.8 Å². The lowest BCUT2D eigenvalue weighted by molar-refractivity contribution is 0.609. The summed E-state index contributed by atoms with van der Waals surface area (Å²) >= 11 is 5.68. The maximum Gasteiger partial charge on any atom is 0.165 e. The summed E-state index contributed by atoms with van der Waals surface area (Å²) in [5, 5.41) is 0. The molecule has 1 aromatic rings. The van der Waals surface area contributed by atoms with E-state index >= 15 is 0 Å². The van der Waals surface area contributed by atoms with Crippen LogP contribution in [0.3, 0.4) is 0 Å². The summed E-state index contributed by atoms with van der Waals surface area (Å²) in [7, 11) is 0. The highest BCUT2D eigenvalue weighted by Gasteiger charge is 2.30. The van der Waals surface area contributed by atoms with Gasteiger partial charge in [-0.2, -0.15) is 0 Å². The first-order valence-electron chi connectivity index (χ1n) is 4.76. The lowest BCUT2D eigenvalue weighted by Gasteiger charge is -2.22. The lowest BCUT2D eigenvalue weighted by Crippen LogP contribution is -2.29. The van der Waals surface area contributed by atoms with Crippen molar-refractivity contribution in [2.75, 3.05) is 17.3 Å². The van der Waals surface area contributed by atoms with Gasteiger partial charge in [0.1, 0.15) is 0 Å². The summed E-state index contributed by atoms with van der Waals surface area (Å²) in [4.78, 5) is 6.01. The minimum Gasteiger partial charge on any atom is -0.350 e.